The Balaban J connectivity index is 2.27. The number of hydrogen-bond acceptors (Lipinski definition) is 4. The minimum atomic E-state index is 0.0669. The third kappa shape index (κ3) is 3.23. The second kappa shape index (κ2) is 6.63. The average Bonchev–Trinajstić information content (AvgIpc) is 2.46. The number of thioether (sulfide) groups is 1. The molecule has 20 heavy (non-hydrogen) atoms. The van der Waals surface area contributed by atoms with Crippen LogP contribution in [0.25, 0.3) is 0 Å². The van der Waals surface area contributed by atoms with Crippen LogP contribution in [0.3, 0.4) is 0 Å². The van der Waals surface area contributed by atoms with E-state index in [0.29, 0.717) is 11.3 Å². The molecule has 0 aliphatic carbocycles. The fourth-order valence-corrected chi connectivity index (χ4v) is 3.14. The van der Waals surface area contributed by atoms with E-state index in [2.05, 4.69) is 10.1 Å². The first-order valence-corrected chi connectivity index (χ1v) is 7.29. The quantitative estimate of drug-likeness (QED) is 0.298. The Morgan fingerprint density at radius 1 is 1.40 bits per heavy atom. The lowest BCUT2D eigenvalue weighted by Crippen LogP contribution is -2.16. The molecule has 104 valence electrons. The van der Waals surface area contributed by atoms with Crippen LogP contribution in [0.2, 0.25) is 5.02 Å². The molecular formula is C14H14ClN3OS. The van der Waals surface area contributed by atoms with E-state index in [1.54, 1.807) is 6.20 Å². The highest BCUT2D eigenvalue weighted by molar-refractivity contribution is 7.98. The maximum absolute atomic E-state index is 8.87. The fraction of sp³-hybridized carbons (Fsp3) is 0.143. The zero-order chi connectivity index (χ0) is 14.5. The number of hydrogen-bond donors (Lipinski definition) is 2. The minimum absolute atomic E-state index is 0.0669. The maximum atomic E-state index is 8.87. The summed E-state index contributed by atoms with van der Waals surface area (Å²) in [6, 6.07) is 9.48. The number of aromatic nitrogens is 1. The first-order valence-electron chi connectivity index (χ1n) is 5.93. The van der Waals surface area contributed by atoms with Gasteiger partial charge in [0.25, 0.3) is 0 Å². The summed E-state index contributed by atoms with van der Waals surface area (Å²) in [5.41, 5.74) is 8.31. The summed E-state index contributed by atoms with van der Waals surface area (Å²) in [6.45, 7) is 1.90. The van der Waals surface area contributed by atoms with Gasteiger partial charge in [0.1, 0.15) is 5.03 Å². The zero-order valence-electron chi connectivity index (χ0n) is 10.9. The van der Waals surface area contributed by atoms with E-state index in [1.807, 2.05) is 37.3 Å². The van der Waals surface area contributed by atoms with Crippen molar-refractivity contribution in [1.82, 2.24) is 4.98 Å². The van der Waals surface area contributed by atoms with Gasteiger partial charge in [-0.05, 0) is 30.2 Å². The van der Waals surface area contributed by atoms with Gasteiger partial charge in [-0.3, -0.25) is 0 Å². The Bertz CT molecular complexity index is 646. The summed E-state index contributed by atoms with van der Waals surface area (Å²) < 4.78 is 0. The van der Waals surface area contributed by atoms with Gasteiger partial charge in [-0.2, -0.15) is 0 Å². The number of nitrogens with zero attached hydrogens (tertiary/aromatic N) is 2. The van der Waals surface area contributed by atoms with Crippen molar-refractivity contribution >= 4 is 29.2 Å². The first-order chi connectivity index (χ1) is 9.63. The Kier molecular flexibility index (Phi) is 4.87. The number of pyridine rings is 1. The first kappa shape index (κ1) is 14.7. The Morgan fingerprint density at radius 3 is 2.85 bits per heavy atom. The largest absolute Gasteiger partial charge is 0.409 e. The van der Waals surface area contributed by atoms with Crippen LogP contribution in [-0.4, -0.2) is 16.0 Å². The van der Waals surface area contributed by atoms with E-state index in [9.17, 15) is 0 Å². The fourth-order valence-electron chi connectivity index (χ4n) is 1.77. The van der Waals surface area contributed by atoms with E-state index in [4.69, 9.17) is 22.5 Å². The molecule has 0 spiro atoms. The molecule has 0 aliphatic rings. The van der Waals surface area contributed by atoms with Crippen LogP contribution in [0, 0.1) is 6.92 Å². The third-order valence-corrected chi connectivity index (χ3v) is 4.22. The number of oxime groups is 1. The molecule has 0 unspecified atom stereocenters. The molecule has 0 amide bonds. The molecule has 0 radical (unpaired) electrons. The number of rotatable bonds is 4. The highest BCUT2D eigenvalue weighted by Gasteiger charge is 2.12. The van der Waals surface area contributed by atoms with Crippen molar-refractivity contribution in [2.75, 3.05) is 0 Å². The second-order valence-electron chi connectivity index (χ2n) is 4.17. The number of amidine groups is 1. The van der Waals surface area contributed by atoms with Gasteiger partial charge in [0.05, 0.1) is 5.56 Å². The summed E-state index contributed by atoms with van der Waals surface area (Å²) in [4.78, 5) is 4.30. The van der Waals surface area contributed by atoms with Crippen LogP contribution in [0.5, 0.6) is 0 Å². The van der Waals surface area contributed by atoms with Gasteiger partial charge in [0.2, 0.25) is 0 Å². The van der Waals surface area contributed by atoms with Gasteiger partial charge in [-0.1, -0.05) is 35.0 Å². The third-order valence-electron chi connectivity index (χ3n) is 2.81. The normalized spacial score (nSPS) is 11.6. The topological polar surface area (TPSA) is 71.5 Å². The SMILES string of the molecule is Cc1ccnc(SCc2ccccc2Cl)c1/C(N)=N/O. The Labute approximate surface area is 126 Å². The number of nitrogens with two attached hydrogens (primary N) is 1. The molecule has 1 heterocycles. The summed E-state index contributed by atoms with van der Waals surface area (Å²) >= 11 is 7.63. The van der Waals surface area contributed by atoms with Crippen LogP contribution in [0.4, 0.5) is 0 Å². The highest BCUT2D eigenvalue weighted by Crippen LogP contribution is 2.28. The van der Waals surface area contributed by atoms with E-state index in [-0.39, 0.29) is 5.84 Å². The smallest absolute Gasteiger partial charge is 0.173 e. The Hall–Kier alpha value is -1.72. The molecule has 4 nitrogen and oxygen atoms in total. The molecule has 0 saturated carbocycles. The van der Waals surface area contributed by atoms with Gasteiger partial charge in [0, 0.05) is 17.0 Å². The van der Waals surface area contributed by atoms with Crippen LogP contribution in [-0.2, 0) is 5.75 Å². The molecule has 0 saturated heterocycles. The Morgan fingerprint density at radius 2 is 2.15 bits per heavy atom. The molecule has 2 rings (SSSR count). The van der Waals surface area contributed by atoms with Crippen molar-refractivity contribution in [3.05, 3.63) is 58.2 Å². The summed E-state index contributed by atoms with van der Waals surface area (Å²) in [7, 11) is 0. The number of halogens is 1. The van der Waals surface area contributed by atoms with Crippen molar-refractivity contribution in [1.29, 1.82) is 0 Å². The van der Waals surface area contributed by atoms with E-state index >= 15 is 0 Å². The van der Waals surface area contributed by atoms with Crippen molar-refractivity contribution in [3.8, 4) is 0 Å². The molecular weight excluding hydrogens is 294 g/mol. The van der Waals surface area contributed by atoms with Crippen LogP contribution in [0.1, 0.15) is 16.7 Å². The van der Waals surface area contributed by atoms with Crippen LogP contribution >= 0.6 is 23.4 Å². The molecule has 3 N–H and O–H groups in total. The summed E-state index contributed by atoms with van der Waals surface area (Å²) in [6.07, 6.45) is 1.71. The lowest BCUT2D eigenvalue weighted by molar-refractivity contribution is 0.318. The van der Waals surface area contributed by atoms with Crippen molar-refractivity contribution < 1.29 is 5.21 Å². The minimum Gasteiger partial charge on any atom is -0.409 e. The molecule has 6 heteroatoms. The lowest BCUT2D eigenvalue weighted by Gasteiger charge is -2.10. The standard InChI is InChI=1S/C14H14ClN3OS/c1-9-6-7-17-14(12(9)13(16)18-19)20-8-10-4-2-3-5-11(10)15/h2-7,19H,8H2,1H3,(H2,16,18). The van der Waals surface area contributed by atoms with Crippen molar-refractivity contribution in [2.24, 2.45) is 10.9 Å². The summed E-state index contributed by atoms with van der Waals surface area (Å²) in [5, 5.41) is 13.4. The average molecular weight is 308 g/mol. The lowest BCUT2D eigenvalue weighted by atomic mass is 10.1. The van der Waals surface area contributed by atoms with Gasteiger partial charge in [-0.15, -0.1) is 11.8 Å². The van der Waals surface area contributed by atoms with E-state index < -0.39 is 0 Å². The molecule has 0 bridgehead atoms. The monoisotopic (exact) mass is 307 g/mol. The molecule has 1 aromatic carbocycles. The highest BCUT2D eigenvalue weighted by atomic mass is 35.5. The maximum Gasteiger partial charge on any atom is 0.173 e. The number of benzene rings is 1. The predicted molar refractivity (Wildman–Crippen MR) is 82.5 cm³/mol. The molecule has 0 atom stereocenters. The molecule has 2 aromatic rings. The number of aryl methyl sites for hydroxylation is 1. The van der Waals surface area contributed by atoms with E-state index in [0.717, 1.165) is 21.2 Å². The predicted octanol–water partition coefficient (Wildman–Crippen LogP) is 3.43. The second-order valence-corrected chi connectivity index (χ2v) is 5.54. The van der Waals surface area contributed by atoms with Gasteiger partial charge in [-0.25, -0.2) is 4.98 Å². The van der Waals surface area contributed by atoms with Gasteiger partial charge >= 0.3 is 0 Å². The van der Waals surface area contributed by atoms with Crippen molar-refractivity contribution in [3.63, 3.8) is 0 Å². The zero-order valence-corrected chi connectivity index (χ0v) is 12.4. The van der Waals surface area contributed by atoms with Gasteiger partial charge in [0.15, 0.2) is 5.84 Å². The summed E-state index contributed by atoms with van der Waals surface area (Å²) in [5.74, 6) is 0.735. The van der Waals surface area contributed by atoms with Crippen LogP contribution in [0.15, 0.2) is 46.7 Å². The molecule has 0 aliphatic heterocycles. The molecule has 1 aromatic heterocycles. The van der Waals surface area contributed by atoms with Crippen molar-refractivity contribution in [2.45, 2.75) is 17.7 Å². The van der Waals surface area contributed by atoms with Crippen LogP contribution < -0.4 is 5.73 Å². The van der Waals surface area contributed by atoms with Gasteiger partial charge < -0.3 is 10.9 Å². The van der Waals surface area contributed by atoms with E-state index in [1.165, 1.54) is 11.8 Å². The molecule has 0 fully saturated rings.